The fraction of sp³-hybridized carbons (Fsp3) is 0.455. The molecule has 18 heavy (non-hydrogen) atoms. The molecule has 0 aliphatic rings. The first-order valence-electron chi connectivity index (χ1n) is 5.19. The van der Waals surface area contributed by atoms with Crippen molar-refractivity contribution >= 4 is 10.1 Å². The molecule has 1 atom stereocenters. The molecule has 0 bridgehead atoms. The number of alkyl halides is 3. The lowest BCUT2D eigenvalue weighted by Gasteiger charge is -2.16. The van der Waals surface area contributed by atoms with Crippen LogP contribution in [0, 0.1) is 0 Å². The summed E-state index contributed by atoms with van der Waals surface area (Å²) < 4.78 is 64.3. The van der Waals surface area contributed by atoms with Gasteiger partial charge in [-0.15, -0.1) is 0 Å². The molecule has 0 heterocycles. The summed E-state index contributed by atoms with van der Waals surface area (Å²) in [5, 5.41) is 0. The predicted molar refractivity (Wildman–Crippen MR) is 60.4 cm³/mol. The van der Waals surface area contributed by atoms with Gasteiger partial charge in [0.2, 0.25) is 0 Å². The van der Waals surface area contributed by atoms with Crippen molar-refractivity contribution < 1.29 is 25.8 Å². The third-order valence-electron chi connectivity index (χ3n) is 2.25. The summed E-state index contributed by atoms with van der Waals surface area (Å²) in [6.45, 7) is 1.64. The highest BCUT2D eigenvalue weighted by molar-refractivity contribution is 7.86. The minimum atomic E-state index is -4.46. The van der Waals surface area contributed by atoms with Gasteiger partial charge in [0.25, 0.3) is 10.1 Å². The van der Waals surface area contributed by atoms with Crippen molar-refractivity contribution in [2.75, 3.05) is 6.26 Å². The largest absolute Gasteiger partial charge is 0.416 e. The highest BCUT2D eigenvalue weighted by atomic mass is 32.2. The van der Waals surface area contributed by atoms with Crippen molar-refractivity contribution in [1.82, 2.24) is 0 Å². The van der Waals surface area contributed by atoms with Gasteiger partial charge in [0.05, 0.1) is 11.8 Å². The molecular weight excluding hydrogens is 269 g/mol. The van der Waals surface area contributed by atoms with Gasteiger partial charge in [0.15, 0.2) is 0 Å². The molecular formula is C11H13F3O3S. The predicted octanol–water partition coefficient (Wildman–Crippen LogP) is 3.13. The van der Waals surface area contributed by atoms with Gasteiger partial charge in [-0.2, -0.15) is 21.6 Å². The van der Waals surface area contributed by atoms with E-state index in [9.17, 15) is 21.6 Å². The molecule has 0 N–H and O–H groups in total. The van der Waals surface area contributed by atoms with E-state index < -0.39 is 28.0 Å². The Hall–Kier alpha value is -1.08. The van der Waals surface area contributed by atoms with E-state index in [2.05, 4.69) is 0 Å². The first kappa shape index (κ1) is 15.0. The minimum absolute atomic E-state index is 0.192. The molecule has 102 valence electrons. The molecule has 3 nitrogen and oxygen atoms in total. The molecule has 1 aromatic rings. The molecule has 7 heteroatoms. The van der Waals surface area contributed by atoms with E-state index in [0.29, 0.717) is 0 Å². The number of benzene rings is 1. The van der Waals surface area contributed by atoms with Crippen LogP contribution >= 0.6 is 0 Å². The molecule has 0 fully saturated rings. The van der Waals surface area contributed by atoms with Gasteiger partial charge in [0.1, 0.15) is 6.10 Å². The second kappa shape index (κ2) is 5.27. The van der Waals surface area contributed by atoms with Crippen LogP contribution in [-0.4, -0.2) is 14.7 Å². The van der Waals surface area contributed by atoms with Crippen LogP contribution in [0.5, 0.6) is 0 Å². The highest BCUT2D eigenvalue weighted by Crippen LogP contribution is 2.32. The fourth-order valence-electron chi connectivity index (χ4n) is 1.49. The van der Waals surface area contributed by atoms with Gasteiger partial charge in [-0.3, -0.25) is 4.18 Å². The third kappa shape index (κ3) is 4.30. The van der Waals surface area contributed by atoms with Gasteiger partial charge in [-0.25, -0.2) is 0 Å². The van der Waals surface area contributed by atoms with E-state index in [0.717, 1.165) is 18.4 Å². The van der Waals surface area contributed by atoms with Crippen LogP contribution in [-0.2, 0) is 20.5 Å². The maximum Gasteiger partial charge on any atom is 0.416 e. The summed E-state index contributed by atoms with van der Waals surface area (Å²) in [6.07, 6.45) is -4.24. The van der Waals surface area contributed by atoms with E-state index in [1.807, 2.05) is 0 Å². The van der Waals surface area contributed by atoms with E-state index >= 15 is 0 Å². The zero-order chi connectivity index (χ0) is 14.0. The molecule has 0 saturated heterocycles. The molecule has 0 radical (unpaired) electrons. The Balaban J connectivity index is 3.08. The summed E-state index contributed by atoms with van der Waals surface area (Å²) >= 11 is 0. The number of halogens is 3. The Labute approximate surface area is 104 Å². The number of hydrogen-bond donors (Lipinski definition) is 0. The Morgan fingerprint density at radius 3 is 2.39 bits per heavy atom. The molecule has 0 amide bonds. The Morgan fingerprint density at radius 1 is 1.33 bits per heavy atom. The van der Waals surface area contributed by atoms with Crippen LogP contribution in [0.15, 0.2) is 24.3 Å². The van der Waals surface area contributed by atoms with E-state index in [4.69, 9.17) is 4.18 Å². The SMILES string of the molecule is CCC(OS(C)(=O)=O)c1cccc(C(F)(F)F)c1. The fourth-order valence-corrected chi connectivity index (χ4v) is 2.15. The summed E-state index contributed by atoms with van der Waals surface area (Å²) in [5.41, 5.74) is -0.631. The van der Waals surface area contributed by atoms with E-state index in [1.165, 1.54) is 12.1 Å². The summed E-state index contributed by atoms with van der Waals surface area (Å²) in [4.78, 5) is 0. The van der Waals surface area contributed by atoms with Gasteiger partial charge >= 0.3 is 6.18 Å². The second-order valence-corrected chi connectivity index (χ2v) is 5.42. The molecule has 0 spiro atoms. The molecule has 0 saturated carbocycles. The molecule has 1 unspecified atom stereocenters. The first-order valence-corrected chi connectivity index (χ1v) is 7.00. The Kier molecular flexibility index (Phi) is 4.39. The minimum Gasteiger partial charge on any atom is -0.262 e. The monoisotopic (exact) mass is 282 g/mol. The lowest BCUT2D eigenvalue weighted by molar-refractivity contribution is -0.137. The number of rotatable bonds is 4. The number of hydrogen-bond acceptors (Lipinski definition) is 3. The van der Waals surface area contributed by atoms with E-state index in [1.54, 1.807) is 6.92 Å². The summed E-state index contributed by atoms with van der Waals surface area (Å²) in [7, 11) is -3.71. The lowest BCUT2D eigenvalue weighted by atomic mass is 10.0. The molecule has 1 rings (SSSR count). The maximum atomic E-state index is 12.5. The molecule has 0 aromatic heterocycles. The van der Waals surface area contributed by atoms with Crippen LogP contribution in [0.1, 0.15) is 30.6 Å². The van der Waals surface area contributed by atoms with Gasteiger partial charge < -0.3 is 0 Å². The van der Waals surface area contributed by atoms with Crippen LogP contribution in [0.2, 0.25) is 0 Å². The van der Waals surface area contributed by atoms with Crippen molar-refractivity contribution in [3.8, 4) is 0 Å². The summed E-state index contributed by atoms with van der Waals surface area (Å²) in [5.74, 6) is 0. The second-order valence-electron chi connectivity index (χ2n) is 3.82. The molecule has 0 aliphatic carbocycles. The van der Waals surface area contributed by atoms with Crippen LogP contribution in [0.4, 0.5) is 13.2 Å². The smallest absolute Gasteiger partial charge is 0.262 e. The van der Waals surface area contributed by atoms with Crippen LogP contribution < -0.4 is 0 Å². The normalized spacial score (nSPS) is 14.5. The zero-order valence-corrected chi connectivity index (χ0v) is 10.7. The zero-order valence-electron chi connectivity index (χ0n) is 9.86. The third-order valence-corrected chi connectivity index (χ3v) is 2.83. The van der Waals surface area contributed by atoms with Gasteiger partial charge in [-0.1, -0.05) is 19.1 Å². The van der Waals surface area contributed by atoms with Crippen molar-refractivity contribution in [3.05, 3.63) is 35.4 Å². The topological polar surface area (TPSA) is 43.4 Å². The average Bonchev–Trinajstić information content (AvgIpc) is 2.23. The quantitative estimate of drug-likeness (QED) is 0.797. The van der Waals surface area contributed by atoms with Gasteiger partial charge in [-0.05, 0) is 24.1 Å². The Bertz CT molecular complexity index is 509. The van der Waals surface area contributed by atoms with Crippen molar-refractivity contribution in [3.63, 3.8) is 0 Å². The molecule has 0 aliphatic heterocycles. The Morgan fingerprint density at radius 2 is 1.94 bits per heavy atom. The van der Waals surface area contributed by atoms with Crippen LogP contribution in [0.3, 0.4) is 0 Å². The summed E-state index contributed by atoms with van der Waals surface area (Å²) in [6, 6.07) is 4.47. The lowest BCUT2D eigenvalue weighted by Crippen LogP contribution is -2.11. The maximum absolute atomic E-state index is 12.5. The average molecular weight is 282 g/mol. The molecule has 1 aromatic carbocycles. The van der Waals surface area contributed by atoms with Crippen molar-refractivity contribution in [1.29, 1.82) is 0 Å². The van der Waals surface area contributed by atoms with Gasteiger partial charge in [0, 0.05) is 0 Å². The van der Waals surface area contributed by atoms with Crippen molar-refractivity contribution in [2.24, 2.45) is 0 Å². The van der Waals surface area contributed by atoms with Crippen LogP contribution in [0.25, 0.3) is 0 Å². The first-order chi connectivity index (χ1) is 8.13. The van der Waals surface area contributed by atoms with E-state index in [-0.39, 0.29) is 12.0 Å². The van der Waals surface area contributed by atoms with Crippen molar-refractivity contribution in [2.45, 2.75) is 25.6 Å². The standard InChI is InChI=1S/C11H13F3O3S/c1-3-10(17-18(2,15)16)8-5-4-6-9(7-8)11(12,13)14/h4-7,10H,3H2,1-2H3. The highest BCUT2D eigenvalue weighted by Gasteiger charge is 2.31.